The van der Waals surface area contributed by atoms with Crippen LogP contribution in [0.4, 0.5) is 5.82 Å². The van der Waals surface area contributed by atoms with Gasteiger partial charge in [0.15, 0.2) is 0 Å². The summed E-state index contributed by atoms with van der Waals surface area (Å²) in [5.41, 5.74) is 4.75. The molecule has 3 atom stereocenters. The molecule has 2 aliphatic heterocycles. The zero-order valence-corrected chi connectivity index (χ0v) is 19.0. The number of anilines is 1. The molecule has 0 saturated carbocycles. The first-order valence-corrected chi connectivity index (χ1v) is 10.8. The lowest BCUT2D eigenvalue weighted by Crippen LogP contribution is -2.40. The van der Waals surface area contributed by atoms with E-state index in [-0.39, 0.29) is 11.9 Å². The first kappa shape index (κ1) is 20.8. The van der Waals surface area contributed by atoms with Gasteiger partial charge in [-0.25, -0.2) is 9.97 Å². The fraction of sp³-hybridized carbons (Fsp3) is 0.542. The smallest absolute Gasteiger partial charge is 0.237 e. The minimum absolute atomic E-state index is 0.123. The molecular formula is C24H33N5O. The Bertz CT molecular complexity index is 957. The molecule has 6 heteroatoms. The SMILES string of the molecule is Cc1nc(C)c(C)c(N2C[C@@H]3CN(C(=O)CN(C)C)[C@@H](c4ccccc4C)[C@@H]3C2)n1. The van der Waals surface area contributed by atoms with E-state index in [9.17, 15) is 4.79 Å². The highest BCUT2D eigenvalue weighted by molar-refractivity contribution is 5.79. The van der Waals surface area contributed by atoms with E-state index < -0.39 is 0 Å². The van der Waals surface area contributed by atoms with Gasteiger partial charge in [-0.1, -0.05) is 24.3 Å². The van der Waals surface area contributed by atoms with Gasteiger partial charge in [-0.05, 0) is 52.9 Å². The summed E-state index contributed by atoms with van der Waals surface area (Å²) in [5.74, 6) is 2.97. The van der Waals surface area contributed by atoms with Crippen LogP contribution in [0.25, 0.3) is 0 Å². The van der Waals surface area contributed by atoms with E-state index in [4.69, 9.17) is 4.98 Å². The number of carbonyl (C=O) groups is 1. The zero-order valence-electron chi connectivity index (χ0n) is 19.0. The molecule has 2 aliphatic rings. The van der Waals surface area contributed by atoms with Crippen LogP contribution >= 0.6 is 0 Å². The number of amides is 1. The molecule has 0 N–H and O–H groups in total. The van der Waals surface area contributed by atoms with Crippen LogP contribution in [0.5, 0.6) is 0 Å². The predicted octanol–water partition coefficient (Wildman–Crippen LogP) is 2.91. The molecule has 0 aliphatic carbocycles. The van der Waals surface area contributed by atoms with Gasteiger partial charge in [0.1, 0.15) is 11.6 Å². The van der Waals surface area contributed by atoms with Gasteiger partial charge in [0.2, 0.25) is 5.91 Å². The molecule has 3 heterocycles. The van der Waals surface area contributed by atoms with Crippen molar-refractivity contribution in [3.05, 3.63) is 52.5 Å². The topological polar surface area (TPSA) is 52.6 Å². The lowest BCUT2D eigenvalue weighted by molar-refractivity contribution is -0.133. The van der Waals surface area contributed by atoms with E-state index in [0.29, 0.717) is 18.4 Å². The number of nitrogens with zero attached hydrogens (tertiary/aromatic N) is 5. The van der Waals surface area contributed by atoms with E-state index in [1.807, 2.05) is 25.9 Å². The van der Waals surface area contributed by atoms with Crippen molar-refractivity contribution in [1.82, 2.24) is 19.8 Å². The number of aromatic nitrogens is 2. The standard InChI is InChI=1S/C24H33N5O/c1-15-9-7-8-10-20(15)23-21-13-28(24-16(2)17(3)25-18(4)26-24)11-19(21)12-29(23)22(30)14-27(5)6/h7-10,19,21,23H,11-14H2,1-6H3/t19-,21-,23+/m1/s1. The Balaban J connectivity index is 1.67. The van der Waals surface area contributed by atoms with Crippen LogP contribution in [0.15, 0.2) is 24.3 Å². The average molecular weight is 408 g/mol. The van der Waals surface area contributed by atoms with Crippen LogP contribution in [-0.4, -0.2) is 65.9 Å². The lowest BCUT2D eigenvalue weighted by Gasteiger charge is -2.32. The number of likely N-dealkylation sites (tertiary alicyclic amines) is 1. The van der Waals surface area contributed by atoms with E-state index in [0.717, 1.165) is 42.5 Å². The maximum Gasteiger partial charge on any atom is 0.237 e. The highest BCUT2D eigenvalue weighted by Gasteiger charge is 2.49. The lowest BCUT2D eigenvalue weighted by atomic mass is 9.87. The Morgan fingerprint density at radius 2 is 1.80 bits per heavy atom. The largest absolute Gasteiger partial charge is 0.356 e. The summed E-state index contributed by atoms with van der Waals surface area (Å²) in [4.78, 5) is 29.0. The number of likely N-dealkylation sites (N-methyl/N-ethyl adjacent to an activating group) is 1. The Morgan fingerprint density at radius 3 is 2.50 bits per heavy atom. The van der Waals surface area contributed by atoms with Gasteiger partial charge in [0.25, 0.3) is 0 Å². The number of rotatable bonds is 4. The monoisotopic (exact) mass is 407 g/mol. The molecule has 0 radical (unpaired) electrons. The second-order valence-corrected chi connectivity index (χ2v) is 9.22. The Labute approximate surface area is 179 Å². The van der Waals surface area contributed by atoms with Crippen molar-refractivity contribution in [3.8, 4) is 0 Å². The summed E-state index contributed by atoms with van der Waals surface area (Å²) < 4.78 is 0. The third-order valence-electron chi connectivity index (χ3n) is 6.72. The van der Waals surface area contributed by atoms with Gasteiger partial charge < -0.3 is 14.7 Å². The first-order chi connectivity index (χ1) is 14.3. The number of fused-ring (bicyclic) bond motifs is 1. The maximum atomic E-state index is 13.1. The molecule has 1 aromatic carbocycles. The molecule has 1 amide bonds. The van der Waals surface area contributed by atoms with Crippen molar-refractivity contribution < 1.29 is 4.79 Å². The molecule has 0 unspecified atom stereocenters. The minimum Gasteiger partial charge on any atom is -0.356 e. The molecule has 2 saturated heterocycles. The number of aryl methyl sites for hydroxylation is 3. The van der Waals surface area contributed by atoms with Gasteiger partial charge in [-0.2, -0.15) is 0 Å². The van der Waals surface area contributed by atoms with Gasteiger partial charge >= 0.3 is 0 Å². The van der Waals surface area contributed by atoms with Crippen LogP contribution in [0.1, 0.15) is 34.3 Å². The summed E-state index contributed by atoms with van der Waals surface area (Å²) in [6.07, 6.45) is 0. The third kappa shape index (κ3) is 3.69. The van der Waals surface area contributed by atoms with Crippen LogP contribution in [0.3, 0.4) is 0 Å². The normalized spacial score (nSPS) is 23.4. The van der Waals surface area contributed by atoms with Crippen LogP contribution < -0.4 is 4.90 Å². The van der Waals surface area contributed by atoms with Gasteiger partial charge in [0, 0.05) is 42.7 Å². The molecule has 160 valence electrons. The molecule has 4 rings (SSSR count). The quantitative estimate of drug-likeness (QED) is 0.780. The molecule has 30 heavy (non-hydrogen) atoms. The van der Waals surface area contributed by atoms with Crippen LogP contribution in [0, 0.1) is 39.5 Å². The van der Waals surface area contributed by atoms with Crippen molar-refractivity contribution in [3.63, 3.8) is 0 Å². The first-order valence-electron chi connectivity index (χ1n) is 10.8. The number of hydrogen-bond donors (Lipinski definition) is 0. The fourth-order valence-electron chi connectivity index (χ4n) is 5.21. The molecule has 1 aromatic heterocycles. The molecule has 2 aromatic rings. The second-order valence-electron chi connectivity index (χ2n) is 9.22. The van der Waals surface area contributed by atoms with Crippen molar-refractivity contribution in [2.24, 2.45) is 11.8 Å². The van der Waals surface area contributed by atoms with Crippen LogP contribution in [-0.2, 0) is 4.79 Å². The molecule has 0 spiro atoms. The van der Waals surface area contributed by atoms with Crippen LogP contribution in [0.2, 0.25) is 0 Å². The Hall–Kier alpha value is -2.47. The summed E-state index contributed by atoms with van der Waals surface area (Å²) in [5, 5.41) is 0. The summed E-state index contributed by atoms with van der Waals surface area (Å²) in [6.45, 7) is 11.4. The van der Waals surface area contributed by atoms with Gasteiger partial charge in [0.05, 0.1) is 12.6 Å². The van der Waals surface area contributed by atoms with E-state index in [2.05, 4.69) is 59.8 Å². The Morgan fingerprint density at radius 1 is 1.07 bits per heavy atom. The van der Waals surface area contributed by atoms with E-state index >= 15 is 0 Å². The second kappa shape index (κ2) is 7.99. The summed E-state index contributed by atoms with van der Waals surface area (Å²) >= 11 is 0. The number of benzene rings is 1. The number of hydrogen-bond acceptors (Lipinski definition) is 5. The van der Waals surface area contributed by atoms with E-state index in [1.54, 1.807) is 0 Å². The van der Waals surface area contributed by atoms with Gasteiger partial charge in [-0.3, -0.25) is 4.79 Å². The Kier molecular flexibility index (Phi) is 5.53. The highest BCUT2D eigenvalue weighted by Crippen LogP contribution is 2.46. The minimum atomic E-state index is 0.123. The average Bonchev–Trinajstić information content (AvgIpc) is 3.22. The van der Waals surface area contributed by atoms with Crippen molar-refractivity contribution in [2.75, 3.05) is 45.2 Å². The fourth-order valence-corrected chi connectivity index (χ4v) is 5.21. The molecule has 0 bridgehead atoms. The molecule has 6 nitrogen and oxygen atoms in total. The molecule has 2 fully saturated rings. The number of carbonyl (C=O) groups excluding carboxylic acids is 1. The predicted molar refractivity (Wildman–Crippen MR) is 120 cm³/mol. The van der Waals surface area contributed by atoms with Crippen molar-refractivity contribution in [2.45, 2.75) is 33.7 Å². The van der Waals surface area contributed by atoms with E-state index in [1.165, 1.54) is 11.1 Å². The maximum absolute atomic E-state index is 13.1. The van der Waals surface area contributed by atoms with Crippen molar-refractivity contribution in [1.29, 1.82) is 0 Å². The zero-order chi connectivity index (χ0) is 21.6. The van der Waals surface area contributed by atoms with Gasteiger partial charge in [-0.15, -0.1) is 0 Å². The summed E-state index contributed by atoms with van der Waals surface area (Å²) in [6, 6.07) is 8.65. The third-order valence-corrected chi connectivity index (χ3v) is 6.72. The summed E-state index contributed by atoms with van der Waals surface area (Å²) in [7, 11) is 3.92. The molecular weight excluding hydrogens is 374 g/mol. The highest BCUT2D eigenvalue weighted by atomic mass is 16.2. The van der Waals surface area contributed by atoms with Crippen molar-refractivity contribution >= 4 is 11.7 Å².